The molecule has 17 heavy (non-hydrogen) atoms. The van der Waals surface area contributed by atoms with E-state index in [1.165, 1.54) is 30.8 Å². The van der Waals surface area contributed by atoms with Crippen LogP contribution in [0.5, 0.6) is 0 Å². The Morgan fingerprint density at radius 1 is 1.00 bits per heavy atom. The Morgan fingerprint density at radius 2 is 1.53 bits per heavy atom. The van der Waals surface area contributed by atoms with Gasteiger partial charge >= 0.3 is 0 Å². The molecule has 1 aromatic carbocycles. The molecule has 1 nitrogen and oxygen atoms in total. The van der Waals surface area contributed by atoms with E-state index in [1.54, 1.807) is 0 Å². The summed E-state index contributed by atoms with van der Waals surface area (Å²) in [7, 11) is 0. The summed E-state index contributed by atoms with van der Waals surface area (Å²) in [5.74, 6) is 2.27. The van der Waals surface area contributed by atoms with Crippen LogP contribution in [0.15, 0.2) is 24.3 Å². The Hall–Kier alpha value is -0.980. The monoisotopic (exact) mass is 231 g/mol. The van der Waals surface area contributed by atoms with E-state index in [4.69, 9.17) is 0 Å². The molecule has 2 rings (SSSR count). The normalized spacial score (nSPS) is 25.4. The van der Waals surface area contributed by atoms with Gasteiger partial charge < -0.3 is 4.90 Å². The standard InChI is InChI=1S/C16H25N/c1-12(2)15-5-7-16(8-6-15)17-10-13(3)9-14(4)11-17/h5-8,12-14H,9-11H2,1-4H3/t13-,14-/m1/s1. The van der Waals surface area contributed by atoms with Gasteiger partial charge in [-0.15, -0.1) is 0 Å². The third-order valence-corrected chi connectivity index (χ3v) is 3.79. The van der Waals surface area contributed by atoms with Gasteiger partial charge in [0.1, 0.15) is 0 Å². The highest BCUT2D eigenvalue weighted by Gasteiger charge is 2.21. The SMILES string of the molecule is CC(C)c1ccc(N2C[C@H](C)C[C@@H](C)C2)cc1. The van der Waals surface area contributed by atoms with E-state index in [0.29, 0.717) is 5.92 Å². The van der Waals surface area contributed by atoms with Crippen molar-refractivity contribution < 1.29 is 0 Å². The third kappa shape index (κ3) is 3.02. The van der Waals surface area contributed by atoms with Crippen LogP contribution >= 0.6 is 0 Å². The van der Waals surface area contributed by atoms with Gasteiger partial charge in [-0.3, -0.25) is 0 Å². The van der Waals surface area contributed by atoms with Gasteiger partial charge in [0.2, 0.25) is 0 Å². The molecule has 1 aliphatic heterocycles. The summed E-state index contributed by atoms with van der Waals surface area (Å²) >= 11 is 0. The van der Waals surface area contributed by atoms with Crippen LogP contribution in [0, 0.1) is 11.8 Å². The quantitative estimate of drug-likeness (QED) is 0.734. The van der Waals surface area contributed by atoms with Crippen LogP contribution in [0.3, 0.4) is 0 Å². The minimum atomic E-state index is 0.628. The Kier molecular flexibility index (Phi) is 3.76. The van der Waals surface area contributed by atoms with Crippen molar-refractivity contribution in [1.29, 1.82) is 0 Å². The summed E-state index contributed by atoms with van der Waals surface area (Å²) in [6.45, 7) is 11.7. The maximum atomic E-state index is 2.54. The van der Waals surface area contributed by atoms with E-state index in [-0.39, 0.29) is 0 Å². The minimum Gasteiger partial charge on any atom is -0.371 e. The lowest BCUT2D eigenvalue weighted by molar-refractivity contribution is 0.357. The van der Waals surface area contributed by atoms with Gasteiger partial charge in [-0.05, 0) is 41.9 Å². The van der Waals surface area contributed by atoms with Crippen LogP contribution in [0.1, 0.15) is 45.6 Å². The molecule has 0 N–H and O–H groups in total. The smallest absolute Gasteiger partial charge is 0.0366 e. The molecule has 0 spiro atoms. The molecule has 1 fully saturated rings. The predicted octanol–water partition coefficient (Wildman–Crippen LogP) is 4.29. The minimum absolute atomic E-state index is 0.628. The fraction of sp³-hybridized carbons (Fsp3) is 0.625. The molecule has 94 valence electrons. The fourth-order valence-electron chi connectivity index (χ4n) is 2.94. The second-order valence-electron chi connectivity index (χ2n) is 6.10. The molecule has 0 saturated carbocycles. The molecule has 0 unspecified atom stereocenters. The largest absolute Gasteiger partial charge is 0.371 e. The Bertz CT molecular complexity index is 342. The second kappa shape index (κ2) is 5.12. The molecule has 1 aromatic rings. The first-order valence-corrected chi connectivity index (χ1v) is 6.91. The van der Waals surface area contributed by atoms with Gasteiger partial charge in [0.15, 0.2) is 0 Å². The van der Waals surface area contributed by atoms with Gasteiger partial charge in [-0.1, -0.05) is 39.8 Å². The third-order valence-electron chi connectivity index (χ3n) is 3.79. The van der Waals surface area contributed by atoms with Crippen LogP contribution in [0.4, 0.5) is 5.69 Å². The molecule has 1 saturated heterocycles. The van der Waals surface area contributed by atoms with E-state index in [9.17, 15) is 0 Å². The van der Waals surface area contributed by atoms with Crippen molar-refractivity contribution in [3.05, 3.63) is 29.8 Å². The van der Waals surface area contributed by atoms with Gasteiger partial charge in [0.05, 0.1) is 0 Å². The molecule has 0 aliphatic carbocycles. The highest BCUT2D eigenvalue weighted by molar-refractivity contribution is 5.48. The zero-order valence-electron chi connectivity index (χ0n) is 11.6. The van der Waals surface area contributed by atoms with Crippen molar-refractivity contribution in [2.75, 3.05) is 18.0 Å². The molecule has 1 heteroatoms. The van der Waals surface area contributed by atoms with Crippen molar-refractivity contribution in [3.8, 4) is 0 Å². The molecule has 1 aliphatic rings. The van der Waals surface area contributed by atoms with Crippen molar-refractivity contribution in [3.63, 3.8) is 0 Å². The number of hydrogen-bond acceptors (Lipinski definition) is 1. The average molecular weight is 231 g/mol. The van der Waals surface area contributed by atoms with E-state index in [2.05, 4.69) is 56.9 Å². The molecule has 1 heterocycles. The molecule has 0 bridgehead atoms. The maximum absolute atomic E-state index is 2.54. The van der Waals surface area contributed by atoms with Crippen LogP contribution < -0.4 is 4.90 Å². The highest BCUT2D eigenvalue weighted by atomic mass is 15.1. The van der Waals surface area contributed by atoms with Crippen molar-refractivity contribution in [2.24, 2.45) is 11.8 Å². The highest BCUT2D eigenvalue weighted by Crippen LogP contribution is 2.27. The van der Waals surface area contributed by atoms with Gasteiger partial charge in [-0.25, -0.2) is 0 Å². The van der Waals surface area contributed by atoms with Gasteiger partial charge in [-0.2, -0.15) is 0 Å². The van der Waals surface area contributed by atoms with Crippen LogP contribution in [-0.4, -0.2) is 13.1 Å². The zero-order chi connectivity index (χ0) is 12.4. The number of rotatable bonds is 2. The number of piperidine rings is 1. The Balaban J connectivity index is 2.11. The molecular weight excluding hydrogens is 206 g/mol. The first-order valence-electron chi connectivity index (χ1n) is 6.91. The molecule has 2 atom stereocenters. The van der Waals surface area contributed by atoms with E-state index in [1.807, 2.05) is 0 Å². The molecule has 0 aromatic heterocycles. The summed E-state index contributed by atoms with van der Waals surface area (Å²) in [6, 6.07) is 9.15. The second-order valence-corrected chi connectivity index (χ2v) is 6.10. The molecular formula is C16H25N. The van der Waals surface area contributed by atoms with Crippen molar-refractivity contribution in [1.82, 2.24) is 0 Å². The first-order chi connectivity index (χ1) is 8.06. The van der Waals surface area contributed by atoms with Crippen molar-refractivity contribution >= 4 is 5.69 Å². The topological polar surface area (TPSA) is 3.24 Å². The molecule has 0 radical (unpaired) electrons. The zero-order valence-corrected chi connectivity index (χ0v) is 11.6. The molecule has 0 amide bonds. The van der Waals surface area contributed by atoms with E-state index >= 15 is 0 Å². The van der Waals surface area contributed by atoms with Crippen molar-refractivity contribution in [2.45, 2.75) is 40.0 Å². The van der Waals surface area contributed by atoms with Crippen LogP contribution in [0.25, 0.3) is 0 Å². The summed E-state index contributed by atoms with van der Waals surface area (Å²) in [6.07, 6.45) is 1.38. The van der Waals surface area contributed by atoms with Crippen LogP contribution in [-0.2, 0) is 0 Å². The lowest BCUT2D eigenvalue weighted by Crippen LogP contribution is -2.38. The summed E-state index contributed by atoms with van der Waals surface area (Å²) < 4.78 is 0. The first kappa shape index (κ1) is 12.5. The van der Waals surface area contributed by atoms with Gasteiger partial charge in [0.25, 0.3) is 0 Å². The summed E-state index contributed by atoms with van der Waals surface area (Å²) in [4.78, 5) is 2.54. The summed E-state index contributed by atoms with van der Waals surface area (Å²) in [5, 5.41) is 0. The number of anilines is 1. The number of nitrogens with zero attached hydrogens (tertiary/aromatic N) is 1. The fourth-order valence-corrected chi connectivity index (χ4v) is 2.94. The van der Waals surface area contributed by atoms with E-state index < -0.39 is 0 Å². The number of benzene rings is 1. The lowest BCUT2D eigenvalue weighted by Gasteiger charge is -2.36. The lowest BCUT2D eigenvalue weighted by atomic mass is 9.91. The Morgan fingerprint density at radius 3 is 2.00 bits per heavy atom. The maximum Gasteiger partial charge on any atom is 0.0366 e. The van der Waals surface area contributed by atoms with Crippen LogP contribution in [0.2, 0.25) is 0 Å². The van der Waals surface area contributed by atoms with E-state index in [0.717, 1.165) is 11.8 Å². The average Bonchev–Trinajstić information content (AvgIpc) is 2.28. The summed E-state index contributed by atoms with van der Waals surface area (Å²) in [5.41, 5.74) is 2.83. The predicted molar refractivity (Wildman–Crippen MR) is 75.7 cm³/mol. The van der Waals surface area contributed by atoms with Gasteiger partial charge in [0, 0.05) is 18.8 Å². The number of hydrogen-bond donors (Lipinski definition) is 0. The Labute approximate surface area is 106 Å².